The molecule has 1 rings (SSSR count). The normalized spacial score (nSPS) is 19.4. The fourth-order valence-corrected chi connectivity index (χ4v) is 1.37. The second kappa shape index (κ2) is 3.43. The van der Waals surface area contributed by atoms with Crippen LogP contribution in [0.2, 0.25) is 0 Å². The third kappa shape index (κ3) is 1.74. The van der Waals surface area contributed by atoms with Crippen LogP contribution in [0.15, 0.2) is 28.1 Å². The molecule has 0 aromatic heterocycles. The van der Waals surface area contributed by atoms with Gasteiger partial charge in [-0.25, -0.2) is 5.53 Å². The van der Waals surface area contributed by atoms with E-state index in [-0.39, 0.29) is 5.88 Å². The van der Waals surface area contributed by atoms with Crippen molar-refractivity contribution in [1.82, 2.24) is 0 Å². The third-order valence-electron chi connectivity index (χ3n) is 1.21. The summed E-state index contributed by atoms with van der Waals surface area (Å²) in [6.45, 7) is 0.401. The molecular formula is C6H8N2O2S. The van der Waals surface area contributed by atoms with Crippen molar-refractivity contribution in [3.05, 3.63) is 22.9 Å². The summed E-state index contributed by atoms with van der Waals surface area (Å²) in [6.07, 6.45) is 4.94. The van der Waals surface area contributed by atoms with Crippen LogP contribution in [0.4, 0.5) is 0 Å². The Morgan fingerprint density at radius 2 is 2.55 bits per heavy atom. The van der Waals surface area contributed by atoms with Crippen molar-refractivity contribution < 1.29 is 8.95 Å². The molecule has 0 aromatic rings. The Morgan fingerprint density at radius 3 is 3.00 bits per heavy atom. The highest BCUT2D eigenvalue weighted by atomic mass is 32.2. The lowest BCUT2D eigenvalue weighted by atomic mass is 10.4. The van der Waals surface area contributed by atoms with Crippen LogP contribution in [0.3, 0.4) is 0 Å². The average Bonchev–Trinajstić information content (AvgIpc) is 2.04. The maximum absolute atomic E-state index is 10.9. The van der Waals surface area contributed by atoms with Crippen molar-refractivity contribution in [1.29, 1.82) is 5.53 Å². The number of ether oxygens (including phenoxy) is 1. The molecule has 0 saturated heterocycles. The largest absolute Gasteiger partial charge is 0.472 e. The Kier molecular flexibility index (Phi) is 2.53. The smallest absolute Gasteiger partial charge is 0.249 e. The molecule has 11 heavy (non-hydrogen) atoms. The van der Waals surface area contributed by atoms with Gasteiger partial charge in [0.1, 0.15) is 11.5 Å². The van der Waals surface area contributed by atoms with Gasteiger partial charge in [0.2, 0.25) is 5.88 Å². The summed E-state index contributed by atoms with van der Waals surface area (Å²) >= 11 is 0. The highest BCUT2D eigenvalue weighted by Crippen LogP contribution is 2.16. The highest BCUT2D eigenvalue weighted by Gasteiger charge is 2.11. The lowest BCUT2D eigenvalue weighted by Gasteiger charge is -2.09. The summed E-state index contributed by atoms with van der Waals surface area (Å²) in [5.74, 6) is 0.160. The molecule has 1 aliphatic rings. The summed E-state index contributed by atoms with van der Waals surface area (Å²) in [5, 5.41) is 3.11. The van der Waals surface area contributed by atoms with Crippen LogP contribution in [-0.4, -0.2) is 17.1 Å². The third-order valence-corrected chi connectivity index (χ3v) is 2.14. The molecule has 0 aliphatic carbocycles. The Morgan fingerprint density at radius 1 is 1.82 bits per heavy atom. The second-order valence-corrected chi connectivity index (χ2v) is 3.30. The number of nitrogens with one attached hydrogen (secondary N) is 1. The van der Waals surface area contributed by atoms with Crippen LogP contribution in [0.25, 0.3) is 0 Å². The first-order chi connectivity index (χ1) is 5.25. The summed E-state index contributed by atoms with van der Waals surface area (Å²) in [7, 11) is -1.13. The van der Waals surface area contributed by atoms with Crippen molar-refractivity contribution in [2.24, 2.45) is 5.11 Å². The van der Waals surface area contributed by atoms with E-state index in [0.29, 0.717) is 11.5 Å². The molecule has 1 heterocycles. The molecule has 0 amide bonds. The van der Waals surface area contributed by atoms with Gasteiger partial charge in [-0.15, -0.1) is 5.11 Å². The zero-order chi connectivity index (χ0) is 8.27. The van der Waals surface area contributed by atoms with Crippen molar-refractivity contribution in [3.63, 3.8) is 0 Å². The van der Waals surface area contributed by atoms with E-state index in [1.165, 1.54) is 6.26 Å². The van der Waals surface area contributed by atoms with E-state index in [4.69, 9.17) is 10.3 Å². The van der Waals surface area contributed by atoms with E-state index < -0.39 is 10.8 Å². The van der Waals surface area contributed by atoms with E-state index in [9.17, 15) is 4.21 Å². The number of allylic oxidation sites excluding steroid dienone is 1. The van der Waals surface area contributed by atoms with E-state index in [1.54, 1.807) is 12.2 Å². The second-order valence-electron chi connectivity index (χ2n) is 1.95. The van der Waals surface area contributed by atoms with E-state index in [1.807, 2.05) is 0 Å². The van der Waals surface area contributed by atoms with Crippen LogP contribution < -0.4 is 0 Å². The van der Waals surface area contributed by atoms with Gasteiger partial charge in [0.15, 0.2) is 0 Å². The van der Waals surface area contributed by atoms with Gasteiger partial charge >= 0.3 is 0 Å². The van der Waals surface area contributed by atoms with Crippen molar-refractivity contribution >= 4 is 10.8 Å². The quantitative estimate of drug-likeness (QED) is 0.635. The summed E-state index contributed by atoms with van der Waals surface area (Å²) in [5.41, 5.74) is 6.69. The lowest BCUT2D eigenvalue weighted by molar-refractivity contribution is 0.234. The van der Waals surface area contributed by atoms with Gasteiger partial charge in [0.05, 0.1) is 10.8 Å². The van der Waals surface area contributed by atoms with Gasteiger partial charge in [-0.05, 0) is 12.2 Å². The van der Waals surface area contributed by atoms with Gasteiger partial charge in [-0.3, -0.25) is 4.21 Å². The lowest BCUT2D eigenvalue weighted by Crippen LogP contribution is -2.03. The number of hydrogen-bond donors (Lipinski definition) is 1. The minimum atomic E-state index is -1.13. The first kappa shape index (κ1) is 8.13. The fourth-order valence-electron chi connectivity index (χ4n) is 0.731. The first-order valence-electron chi connectivity index (χ1n) is 3.00. The van der Waals surface area contributed by atoms with Crippen LogP contribution >= 0.6 is 0 Å². The number of hydrogen-bond acceptors (Lipinski definition) is 4. The van der Waals surface area contributed by atoms with Gasteiger partial charge < -0.3 is 4.74 Å². The molecule has 5 heteroatoms. The predicted octanol–water partition coefficient (Wildman–Crippen LogP) is 1.15. The van der Waals surface area contributed by atoms with Crippen LogP contribution in [-0.2, 0) is 15.5 Å². The van der Waals surface area contributed by atoms with Crippen LogP contribution in [0, 0.1) is 5.53 Å². The molecule has 1 aliphatic heterocycles. The topological polar surface area (TPSA) is 62.5 Å². The Balaban J connectivity index is 3.01. The molecule has 0 aromatic carbocycles. The van der Waals surface area contributed by atoms with Gasteiger partial charge in [0.25, 0.3) is 0 Å². The van der Waals surface area contributed by atoms with Crippen LogP contribution in [0.1, 0.15) is 0 Å². The molecule has 0 fully saturated rings. The SMILES string of the molecule is CS(=O)C1=C(N=N)OCC=C1. The zero-order valence-corrected chi connectivity index (χ0v) is 6.85. The zero-order valence-electron chi connectivity index (χ0n) is 6.03. The maximum atomic E-state index is 10.9. The molecule has 1 N–H and O–H groups in total. The molecule has 60 valence electrons. The number of nitrogens with zero attached hydrogens (tertiary/aromatic N) is 1. The minimum Gasteiger partial charge on any atom is -0.472 e. The molecule has 1 unspecified atom stereocenters. The average molecular weight is 172 g/mol. The Hall–Kier alpha value is -0.970. The van der Waals surface area contributed by atoms with E-state index in [0.717, 1.165) is 0 Å². The van der Waals surface area contributed by atoms with E-state index >= 15 is 0 Å². The molecule has 0 spiro atoms. The summed E-state index contributed by atoms with van der Waals surface area (Å²) in [4.78, 5) is 0.478. The molecule has 0 bridgehead atoms. The van der Waals surface area contributed by atoms with Gasteiger partial charge in [-0.1, -0.05) is 0 Å². The Labute approximate surface area is 66.9 Å². The van der Waals surface area contributed by atoms with Gasteiger partial charge in [-0.2, -0.15) is 0 Å². The van der Waals surface area contributed by atoms with Gasteiger partial charge in [0, 0.05) is 6.26 Å². The Bertz CT molecular complexity index is 257. The molecule has 0 saturated carbocycles. The first-order valence-corrected chi connectivity index (χ1v) is 4.56. The molecule has 1 atom stereocenters. The standard InChI is InChI=1S/C6H8N2O2S/c1-11(9)5-3-2-4-10-6(5)8-7/h2-3,7H,4H2,1H3. The van der Waals surface area contributed by atoms with Crippen molar-refractivity contribution in [2.75, 3.05) is 12.9 Å². The highest BCUT2D eigenvalue weighted by molar-refractivity contribution is 7.88. The maximum Gasteiger partial charge on any atom is 0.249 e. The predicted molar refractivity (Wildman–Crippen MR) is 41.3 cm³/mol. The summed E-state index contributed by atoms with van der Waals surface area (Å²) < 4.78 is 15.9. The number of rotatable bonds is 2. The molecule has 4 nitrogen and oxygen atoms in total. The van der Waals surface area contributed by atoms with Crippen LogP contribution in [0.5, 0.6) is 0 Å². The van der Waals surface area contributed by atoms with E-state index in [2.05, 4.69) is 5.11 Å². The minimum absolute atomic E-state index is 0.160. The summed E-state index contributed by atoms with van der Waals surface area (Å²) in [6, 6.07) is 0. The van der Waals surface area contributed by atoms with Crippen molar-refractivity contribution in [3.8, 4) is 0 Å². The fraction of sp³-hybridized carbons (Fsp3) is 0.333. The van der Waals surface area contributed by atoms with Crippen molar-refractivity contribution in [2.45, 2.75) is 0 Å². The monoisotopic (exact) mass is 172 g/mol. The molecular weight excluding hydrogens is 164 g/mol. The molecule has 0 radical (unpaired) electrons.